The van der Waals surface area contributed by atoms with Crippen LogP contribution in [-0.4, -0.2) is 45.1 Å². The van der Waals surface area contributed by atoms with Gasteiger partial charge in [0.1, 0.15) is 5.82 Å². The smallest absolute Gasteiger partial charge is 0.272 e. The summed E-state index contributed by atoms with van der Waals surface area (Å²) >= 11 is 0. The molecule has 34 heavy (non-hydrogen) atoms. The van der Waals surface area contributed by atoms with Gasteiger partial charge in [-0.3, -0.25) is 14.6 Å². The molecule has 1 amide bonds. The molecule has 0 radical (unpaired) electrons. The Bertz CT molecular complexity index is 1390. The number of nitrogens with one attached hydrogen (secondary N) is 2. The first-order valence-corrected chi connectivity index (χ1v) is 11.2. The largest absolute Gasteiger partial charge is 0.337 e. The number of pyridine rings is 1. The third-order valence-corrected chi connectivity index (χ3v) is 6.20. The minimum atomic E-state index is -0.542. The standard InChI is InChI=1S/C26H24FN5O2/c27-23-8-7-17(13-24-20-5-1-2-6-21(20)25(33)31-30-24)12-22(23)26(34)32-11-9-19(16-32)29-15-18-4-3-10-28-14-18/h1-8,10,12,14,19,29H,9,11,13,15-16H2,(H,31,33)/t19-/m1/s1. The van der Waals surface area contributed by atoms with Gasteiger partial charge in [-0.2, -0.15) is 5.10 Å². The van der Waals surface area contributed by atoms with Crippen LogP contribution in [0.15, 0.2) is 71.8 Å². The zero-order valence-electron chi connectivity index (χ0n) is 18.5. The van der Waals surface area contributed by atoms with Crippen LogP contribution in [0.25, 0.3) is 10.8 Å². The summed E-state index contributed by atoms with van der Waals surface area (Å²) < 4.78 is 14.7. The zero-order valence-corrected chi connectivity index (χ0v) is 18.5. The first-order valence-electron chi connectivity index (χ1n) is 11.2. The molecule has 2 N–H and O–H groups in total. The Kier molecular flexibility index (Phi) is 6.14. The molecule has 3 heterocycles. The lowest BCUT2D eigenvalue weighted by atomic mass is 10.0. The molecule has 0 spiro atoms. The van der Waals surface area contributed by atoms with E-state index in [1.54, 1.807) is 35.4 Å². The van der Waals surface area contributed by atoms with Crippen LogP contribution in [0.5, 0.6) is 0 Å². The molecule has 1 aliphatic rings. The minimum Gasteiger partial charge on any atom is -0.337 e. The van der Waals surface area contributed by atoms with Crippen LogP contribution in [0.1, 0.15) is 33.6 Å². The highest BCUT2D eigenvalue weighted by atomic mass is 19.1. The van der Waals surface area contributed by atoms with E-state index < -0.39 is 5.82 Å². The Morgan fingerprint density at radius 1 is 1.12 bits per heavy atom. The van der Waals surface area contributed by atoms with Crippen LogP contribution >= 0.6 is 0 Å². The molecule has 0 unspecified atom stereocenters. The maximum Gasteiger partial charge on any atom is 0.272 e. The summed E-state index contributed by atoms with van der Waals surface area (Å²) in [4.78, 5) is 31.0. The second-order valence-electron chi connectivity index (χ2n) is 8.51. The average Bonchev–Trinajstić information content (AvgIpc) is 3.35. The fourth-order valence-electron chi connectivity index (χ4n) is 4.39. The molecule has 7 nitrogen and oxygen atoms in total. The highest BCUT2D eigenvalue weighted by Gasteiger charge is 2.28. The van der Waals surface area contributed by atoms with Gasteiger partial charge < -0.3 is 10.2 Å². The Morgan fingerprint density at radius 2 is 1.97 bits per heavy atom. The van der Waals surface area contributed by atoms with Gasteiger partial charge in [-0.15, -0.1) is 0 Å². The monoisotopic (exact) mass is 457 g/mol. The minimum absolute atomic E-state index is 0.0548. The number of benzene rings is 2. The van der Waals surface area contributed by atoms with Crippen molar-refractivity contribution in [2.45, 2.75) is 25.4 Å². The van der Waals surface area contributed by atoms with Crippen molar-refractivity contribution in [2.75, 3.05) is 13.1 Å². The molecular formula is C26H24FN5O2. The highest BCUT2D eigenvalue weighted by molar-refractivity contribution is 5.95. The topological polar surface area (TPSA) is 91.0 Å². The molecule has 0 aliphatic carbocycles. The predicted octanol–water partition coefficient (Wildman–Crippen LogP) is 3.05. The van der Waals surface area contributed by atoms with Gasteiger partial charge in [-0.1, -0.05) is 30.3 Å². The van der Waals surface area contributed by atoms with Crippen LogP contribution < -0.4 is 10.9 Å². The van der Waals surface area contributed by atoms with Crippen LogP contribution in [0.2, 0.25) is 0 Å². The van der Waals surface area contributed by atoms with E-state index in [1.807, 2.05) is 30.5 Å². The van der Waals surface area contributed by atoms with Gasteiger partial charge in [0.15, 0.2) is 0 Å². The zero-order chi connectivity index (χ0) is 23.5. The van der Waals surface area contributed by atoms with Crippen molar-refractivity contribution in [3.8, 4) is 0 Å². The molecule has 0 saturated carbocycles. The van der Waals surface area contributed by atoms with Gasteiger partial charge in [-0.25, -0.2) is 9.49 Å². The van der Waals surface area contributed by atoms with Crippen molar-refractivity contribution in [3.05, 3.63) is 106 Å². The first-order chi connectivity index (χ1) is 16.6. The summed E-state index contributed by atoms with van der Waals surface area (Å²) in [6, 6.07) is 15.8. The third-order valence-electron chi connectivity index (χ3n) is 6.20. The second kappa shape index (κ2) is 9.52. The molecule has 1 aliphatic heterocycles. The summed E-state index contributed by atoms with van der Waals surface area (Å²) in [6.45, 7) is 1.76. The number of likely N-dealkylation sites (tertiary alicyclic amines) is 1. The van der Waals surface area contributed by atoms with E-state index >= 15 is 0 Å². The van der Waals surface area contributed by atoms with Gasteiger partial charge in [0.05, 0.1) is 16.6 Å². The van der Waals surface area contributed by atoms with Gasteiger partial charge >= 0.3 is 0 Å². The quantitative estimate of drug-likeness (QED) is 0.465. The average molecular weight is 458 g/mol. The van der Waals surface area contributed by atoms with E-state index in [-0.39, 0.29) is 23.1 Å². The maximum atomic E-state index is 14.7. The molecule has 8 heteroatoms. The number of amides is 1. The summed E-state index contributed by atoms with van der Waals surface area (Å²) in [7, 11) is 0. The van der Waals surface area contributed by atoms with E-state index in [2.05, 4.69) is 20.5 Å². The second-order valence-corrected chi connectivity index (χ2v) is 8.51. The molecule has 1 saturated heterocycles. The first kappa shape index (κ1) is 21.9. The summed E-state index contributed by atoms with van der Waals surface area (Å²) in [6.07, 6.45) is 4.72. The predicted molar refractivity (Wildman–Crippen MR) is 127 cm³/mol. The molecule has 0 bridgehead atoms. The molecule has 1 atom stereocenters. The number of fused-ring (bicyclic) bond motifs is 1. The van der Waals surface area contributed by atoms with Gasteiger partial charge in [-0.05, 0) is 41.8 Å². The molecule has 2 aromatic heterocycles. The fourth-order valence-corrected chi connectivity index (χ4v) is 4.39. The van der Waals surface area contributed by atoms with Crippen molar-refractivity contribution >= 4 is 16.7 Å². The fraction of sp³-hybridized carbons (Fsp3) is 0.231. The number of halogens is 1. The highest BCUT2D eigenvalue weighted by Crippen LogP contribution is 2.21. The summed E-state index contributed by atoms with van der Waals surface area (Å²) in [5, 5.41) is 11.5. The number of hydrogen-bond acceptors (Lipinski definition) is 5. The van der Waals surface area contributed by atoms with E-state index in [4.69, 9.17) is 0 Å². The Labute approximate surface area is 195 Å². The van der Waals surface area contributed by atoms with Crippen molar-refractivity contribution in [1.29, 1.82) is 0 Å². The van der Waals surface area contributed by atoms with Gasteiger partial charge in [0.25, 0.3) is 11.5 Å². The third kappa shape index (κ3) is 4.58. The number of aromatic nitrogens is 3. The number of hydrogen-bond donors (Lipinski definition) is 2. The SMILES string of the molecule is O=C(c1cc(Cc2n[nH]c(=O)c3ccccc23)ccc1F)N1CC[C@@H](NCc2cccnc2)C1. The van der Waals surface area contributed by atoms with E-state index in [9.17, 15) is 14.0 Å². The van der Waals surface area contributed by atoms with Crippen molar-refractivity contribution in [3.63, 3.8) is 0 Å². The molecule has 1 fully saturated rings. The van der Waals surface area contributed by atoms with Crippen molar-refractivity contribution in [1.82, 2.24) is 25.4 Å². The molecule has 4 aromatic rings. The number of carbonyl (C=O) groups excluding carboxylic acids is 1. The lowest BCUT2D eigenvalue weighted by Crippen LogP contribution is -2.35. The number of rotatable bonds is 6. The van der Waals surface area contributed by atoms with Crippen molar-refractivity contribution < 1.29 is 9.18 Å². The van der Waals surface area contributed by atoms with Crippen LogP contribution in [0.3, 0.4) is 0 Å². The Morgan fingerprint density at radius 3 is 2.79 bits per heavy atom. The number of H-pyrrole nitrogens is 1. The van der Waals surface area contributed by atoms with Crippen LogP contribution in [0.4, 0.5) is 4.39 Å². The van der Waals surface area contributed by atoms with Crippen molar-refractivity contribution in [2.24, 2.45) is 0 Å². The molecule has 2 aromatic carbocycles. The van der Waals surface area contributed by atoms with Crippen LogP contribution in [0, 0.1) is 5.82 Å². The van der Waals surface area contributed by atoms with Gasteiger partial charge in [0, 0.05) is 49.9 Å². The summed E-state index contributed by atoms with van der Waals surface area (Å²) in [5.74, 6) is -0.857. The van der Waals surface area contributed by atoms with Crippen LogP contribution in [-0.2, 0) is 13.0 Å². The van der Waals surface area contributed by atoms with E-state index in [1.165, 1.54) is 6.07 Å². The van der Waals surface area contributed by atoms with E-state index in [0.29, 0.717) is 37.1 Å². The Hall–Kier alpha value is -3.91. The maximum absolute atomic E-state index is 14.7. The van der Waals surface area contributed by atoms with Gasteiger partial charge in [0.2, 0.25) is 0 Å². The lowest BCUT2D eigenvalue weighted by molar-refractivity contribution is 0.0784. The lowest BCUT2D eigenvalue weighted by Gasteiger charge is -2.18. The molecule has 5 rings (SSSR count). The molecule has 172 valence electrons. The summed E-state index contributed by atoms with van der Waals surface area (Å²) in [5.41, 5.74) is 2.30. The van der Waals surface area contributed by atoms with E-state index in [0.717, 1.165) is 22.9 Å². The number of carbonyl (C=O) groups is 1. The number of aromatic amines is 1. The Balaban J connectivity index is 1.30. The molecular weight excluding hydrogens is 433 g/mol. The normalized spacial score (nSPS) is 15.7. The number of nitrogens with zero attached hydrogens (tertiary/aromatic N) is 3.